The molecule has 8 heteroatoms. The van der Waals surface area contributed by atoms with Crippen LogP contribution in [0.25, 0.3) is 5.70 Å². The SMILES string of the molecule is C=C(/C(Cl)=C\C(=C/C)C(N)=O)n1cnc2c1C(=O)OC(C)(CI)C2. The first-order valence-corrected chi connectivity index (χ1v) is 9.01. The van der Waals surface area contributed by atoms with Gasteiger partial charge in [-0.2, -0.15) is 0 Å². The van der Waals surface area contributed by atoms with E-state index >= 15 is 0 Å². The Labute approximate surface area is 158 Å². The smallest absolute Gasteiger partial charge is 0.357 e. The van der Waals surface area contributed by atoms with Gasteiger partial charge in [0.15, 0.2) is 5.69 Å². The third-order valence-corrected chi connectivity index (χ3v) is 5.58. The molecule has 128 valence electrons. The molecule has 1 amide bonds. The number of allylic oxidation sites excluding steroid dienone is 3. The van der Waals surface area contributed by atoms with Gasteiger partial charge in [0.2, 0.25) is 5.91 Å². The fraction of sp³-hybridized carbons (Fsp3) is 0.312. The van der Waals surface area contributed by atoms with Crippen LogP contribution in [0.4, 0.5) is 0 Å². The molecule has 1 aliphatic rings. The number of carbonyl (C=O) groups excluding carboxylic acids is 2. The van der Waals surface area contributed by atoms with Crippen molar-refractivity contribution in [3.8, 4) is 0 Å². The Hall–Kier alpha value is -1.61. The quantitative estimate of drug-likeness (QED) is 0.240. The summed E-state index contributed by atoms with van der Waals surface area (Å²) in [6.07, 6.45) is 4.94. The highest BCUT2D eigenvalue weighted by atomic mass is 127. The van der Waals surface area contributed by atoms with Crippen LogP contribution in [-0.2, 0) is 16.0 Å². The van der Waals surface area contributed by atoms with Gasteiger partial charge >= 0.3 is 5.97 Å². The number of nitrogens with two attached hydrogens (primary N) is 1. The Bertz CT molecular complexity index is 782. The first kappa shape index (κ1) is 18.7. The minimum atomic E-state index is -0.603. The van der Waals surface area contributed by atoms with Crippen LogP contribution >= 0.6 is 34.2 Å². The average Bonchev–Trinajstić information content (AvgIpc) is 2.94. The summed E-state index contributed by atoms with van der Waals surface area (Å²) in [6, 6.07) is 0. The molecular weight excluding hydrogens is 445 g/mol. The summed E-state index contributed by atoms with van der Waals surface area (Å²) in [5.41, 5.74) is 6.17. The summed E-state index contributed by atoms with van der Waals surface area (Å²) < 4.78 is 7.65. The molecule has 0 aromatic carbocycles. The molecular formula is C16H17ClIN3O3. The molecule has 0 saturated heterocycles. The molecule has 0 aliphatic carbocycles. The molecule has 0 saturated carbocycles. The van der Waals surface area contributed by atoms with E-state index in [1.165, 1.54) is 17.0 Å². The van der Waals surface area contributed by atoms with Crippen LogP contribution < -0.4 is 5.73 Å². The van der Waals surface area contributed by atoms with Crippen molar-refractivity contribution >= 4 is 51.8 Å². The number of carbonyl (C=O) groups is 2. The summed E-state index contributed by atoms with van der Waals surface area (Å²) in [7, 11) is 0. The number of ether oxygens (including phenoxy) is 1. The van der Waals surface area contributed by atoms with Crippen LogP contribution in [0.1, 0.15) is 30.0 Å². The maximum Gasteiger partial charge on any atom is 0.357 e. The lowest BCUT2D eigenvalue weighted by atomic mass is 9.98. The van der Waals surface area contributed by atoms with Gasteiger partial charge in [-0.05, 0) is 19.9 Å². The Morgan fingerprint density at radius 3 is 2.88 bits per heavy atom. The highest BCUT2D eigenvalue weighted by Gasteiger charge is 2.39. The predicted molar refractivity (Wildman–Crippen MR) is 101 cm³/mol. The first-order chi connectivity index (χ1) is 11.2. The minimum Gasteiger partial charge on any atom is -0.453 e. The van der Waals surface area contributed by atoms with Crippen molar-refractivity contribution in [3.63, 3.8) is 0 Å². The standard InChI is InChI=1S/C16H17ClIN3O3/c1-4-10(14(19)22)5-11(17)9(2)21-8-20-12-6-16(3,7-18)24-15(23)13(12)21/h4-5,8H,2,6-7H2,1,3H3,(H2,19,22)/b10-4+,11-5+. The topological polar surface area (TPSA) is 87.2 Å². The van der Waals surface area contributed by atoms with Gasteiger partial charge in [0.25, 0.3) is 0 Å². The van der Waals surface area contributed by atoms with Crippen LogP contribution in [-0.4, -0.2) is 31.5 Å². The number of imidazole rings is 1. The van der Waals surface area contributed by atoms with Gasteiger partial charge in [0, 0.05) is 16.4 Å². The van der Waals surface area contributed by atoms with Gasteiger partial charge in [-0.1, -0.05) is 46.8 Å². The number of halogens is 2. The largest absolute Gasteiger partial charge is 0.453 e. The molecule has 2 heterocycles. The maximum atomic E-state index is 12.4. The Balaban J connectivity index is 2.39. The predicted octanol–water partition coefficient (Wildman–Crippen LogP) is 2.81. The number of hydrogen-bond donors (Lipinski definition) is 1. The zero-order chi connectivity index (χ0) is 18.1. The molecule has 0 spiro atoms. The number of amides is 1. The number of primary amides is 1. The minimum absolute atomic E-state index is 0.178. The number of esters is 1. The van der Waals surface area contributed by atoms with E-state index in [1.54, 1.807) is 13.0 Å². The van der Waals surface area contributed by atoms with E-state index in [0.717, 1.165) is 0 Å². The van der Waals surface area contributed by atoms with Crippen molar-refractivity contribution in [3.05, 3.63) is 47.1 Å². The molecule has 1 aromatic rings. The third-order valence-electron chi connectivity index (χ3n) is 3.64. The van der Waals surface area contributed by atoms with Gasteiger partial charge in [0.1, 0.15) is 11.9 Å². The fourth-order valence-corrected chi connectivity index (χ4v) is 2.94. The van der Waals surface area contributed by atoms with Crippen LogP contribution in [0.3, 0.4) is 0 Å². The molecule has 1 atom stereocenters. The summed E-state index contributed by atoms with van der Waals surface area (Å²) in [6.45, 7) is 7.42. The van der Waals surface area contributed by atoms with E-state index in [2.05, 4.69) is 34.2 Å². The average molecular weight is 462 g/mol. The molecule has 0 bridgehead atoms. The fourth-order valence-electron chi connectivity index (χ4n) is 2.30. The molecule has 2 rings (SSSR count). The second-order valence-corrected chi connectivity index (χ2v) is 6.78. The highest BCUT2D eigenvalue weighted by Crippen LogP contribution is 2.31. The van der Waals surface area contributed by atoms with Crippen molar-refractivity contribution in [2.24, 2.45) is 5.73 Å². The van der Waals surface area contributed by atoms with E-state index in [-0.39, 0.29) is 10.6 Å². The number of aromatic nitrogens is 2. The second-order valence-electron chi connectivity index (χ2n) is 5.61. The van der Waals surface area contributed by atoms with E-state index in [9.17, 15) is 9.59 Å². The third kappa shape index (κ3) is 3.56. The summed E-state index contributed by atoms with van der Waals surface area (Å²) >= 11 is 8.40. The van der Waals surface area contributed by atoms with Gasteiger partial charge in [-0.15, -0.1) is 0 Å². The van der Waals surface area contributed by atoms with Gasteiger partial charge in [-0.25, -0.2) is 9.78 Å². The highest BCUT2D eigenvalue weighted by molar-refractivity contribution is 14.1. The maximum absolute atomic E-state index is 12.4. The molecule has 6 nitrogen and oxygen atoms in total. The second kappa shape index (κ2) is 7.10. The lowest BCUT2D eigenvalue weighted by molar-refractivity contribution is -0.114. The normalized spacial score (nSPS) is 21.2. The van der Waals surface area contributed by atoms with Crippen molar-refractivity contribution in [1.82, 2.24) is 9.55 Å². The molecule has 1 unspecified atom stereocenters. The van der Waals surface area contributed by atoms with E-state index in [1.807, 2.05) is 6.92 Å². The van der Waals surface area contributed by atoms with Crippen LogP contribution in [0.2, 0.25) is 0 Å². The van der Waals surface area contributed by atoms with E-state index in [0.29, 0.717) is 27.9 Å². The van der Waals surface area contributed by atoms with Crippen molar-refractivity contribution in [1.29, 1.82) is 0 Å². The molecule has 2 N–H and O–H groups in total. The number of nitrogens with zero attached hydrogens (tertiary/aromatic N) is 2. The van der Waals surface area contributed by atoms with Crippen LogP contribution in [0.5, 0.6) is 0 Å². The van der Waals surface area contributed by atoms with Crippen molar-refractivity contribution in [2.75, 3.05) is 4.43 Å². The zero-order valence-corrected chi connectivity index (χ0v) is 16.2. The van der Waals surface area contributed by atoms with E-state index in [4.69, 9.17) is 22.1 Å². The van der Waals surface area contributed by atoms with Crippen LogP contribution in [0, 0.1) is 0 Å². The summed E-state index contributed by atoms with van der Waals surface area (Å²) in [5, 5.41) is 0.178. The van der Waals surface area contributed by atoms with E-state index < -0.39 is 17.5 Å². The first-order valence-electron chi connectivity index (χ1n) is 7.11. The summed E-state index contributed by atoms with van der Waals surface area (Å²) in [4.78, 5) is 28.0. The Morgan fingerprint density at radius 1 is 1.67 bits per heavy atom. The van der Waals surface area contributed by atoms with Crippen LogP contribution in [0.15, 0.2) is 35.7 Å². The van der Waals surface area contributed by atoms with Gasteiger partial charge in [0.05, 0.1) is 16.4 Å². The lowest BCUT2D eigenvalue weighted by Gasteiger charge is -2.31. The monoisotopic (exact) mass is 461 g/mol. The number of fused-ring (bicyclic) bond motifs is 1. The Morgan fingerprint density at radius 2 is 2.33 bits per heavy atom. The van der Waals surface area contributed by atoms with Crippen molar-refractivity contribution < 1.29 is 14.3 Å². The van der Waals surface area contributed by atoms with Gasteiger partial charge < -0.3 is 10.5 Å². The molecule has 1 aromatic heterocycles. The molecule has 0 fully saturated rings. The number of hydrogen-bond acceptors (Lipinski definition) is 4. The van der Waals surface area contributed by atoms with Crippen molar-refractivity contribution in [2.45, 2.75) is 25.9 Å². The molecule has 24 heavy (non-hydrogen) atoms. The lowest BCUT2D eigenvalue weighted by Crippen LogP contribution is -2.41. The zero-order valence-electron chi connectivity index (χ0n) is 13.3. The summed E-state index contributed by atoms with van der Waals surface area (Å²) in [5.74, 6) is -1.08. The molecule has 0 radical (unpaired) electrons. The number of rotatable bonds is 5. The number of alkyl halides is 1. The Kier molecular flexibility index (Phi) is 5.54. The van der Waals surface area contributed by atoms with Gasteiger partial charge in [-0.3, -0.25) is 9.36 Å². The molecule has 1 aliphatic heterocycles. The number of cyclic esters (lactones) is 1.